The molecule has 0 aliphatic heterocycles. The Morgan fingerprint density at radius 2 is 2.00 bits per heavy atom. The second kappa shape index (κ2) is 3.85. The predicted octanol–water partition coefficient (Wildman–Crippen LogP) is 2.12. The molecule has 1 aromatic rings. The Labute approximate surface area is 73.1 Å². The SMILES string of the molecule is C#CCOc1cc(F)cc(F)c1F. The quantitative estimate of drug-likeness (QED) is 0.507. The van der Waals surface area contributed by atoms with Crippen LogP contribution in [0.3, 0.4) is 0 Å². The fraction of sp³-hybridized carbons (Fsp3) is 0.111. The van der Waals surface area contributed by atoms with Crippen LogP contribution in [-0.2, 0) is 0 Å². The summed E-state index contributed by atoms with van der Waals surface area (Å²) in [5.74, 6) is -1.92. The molecular weight excluding hydrogens is 181 g/mol. The van der Waals surface area contributed by atoms with Crippen LogP contribution in [0.1, 0.15) is 0 Å². The van der Waals surface area contributed by atoms with Gasteiger partial charge in [-0.1, -0.05) is 5.92 Å². The molecule has 0 amide bonds. The summed E-state index contributed by atoms with van der Waals surface area (Å²) in [7, 11) is 0. The summed E-state index contributed by atoms with van der Waals surface area (Å²) in [5, 5.41) is 0. The number of hydrogen-bond acceptors (Lipinski definition) is 1. The largest absolute Gasteiger partial charge is 0.478 e. The van der Waals surface area contributed by atoms with Gasteiger partial charge in [-0.25, -0.2) is 8.78 Å². The summed E-state index contributed by atoms with van der Waals surface area (Å²) in [6.45, 7) is -0.236. The zero-order valence-electron chi connectivity index (χ0n) is 6.48. The number of hydrogen-bond donors (Lipinski definition) is 0. The number of ether oxygens (including phenoxy) is 1. The Hall–Kier alpha value is -1.63. The normalized spacial score (nSPS) is 9.38. The molecule has 1 nitrogen and oxygen atoms in total. The molecule has 0 N–H and O–H groups in total. The first-order valence-electron chi connectivity index (χ1n) is 3.36. The number of halogens is 3. The average molecular weight is 186 g/mol. The maximum atomic E-state index is 12.8. The summed E-state index contributed by atoms with van der Waals surface area (Å²) in [6, 6.07) is 1.16. The van der Waals surface area contributed by atoms with Crippen molar-refractivity contribution in [2.45, 2.75) is 0 Å². The molecule has 0 saturated heterocycles. The summed E-state index contributed by atoms with van der Waals surface area (Å²) < 4.78 is 42.3. The van der Waals surface area contributed by atoms with Crippen LogP contribution in [-0.4, -0.2) is 6.61 Å². The molecule has 4 heteroatoms. The van der Waals surface area contributed by atoms with E-state index in [4.69, 9.17) is 6.42 Å². The first-order chi connectivity index (χ1) is 6.15. The van der Waals surface area contributed by atoms with E-state index in [2.05, 4.69) is 4.74 Å². The highest BCUT2D eigenvalue weighted by Crippen LogP contribution is 2.21. The van der Waals surface area contributed by atoms with E-state index in [1.54, 1.807) is 0 Å². The molecule has 0 atom stereocenters. The van der Waals surface area contributed by atoms with Gasteiger partial charge in [0.05, 0.1) is 0 Å². The van der Waals surface area contributed by atoms with Crippen LogP contribution in [0.4, 0.5) is 13.2 Å². The van der Waals surface area contributed by atoms with Gasteiger partial charge in [0.25, 0.3) is 0 Å². The third-order valence-corrected chi connectivity index (χ3v) is 1.27. The Kier molecular flexibility index (Phi) is 2.80. The minimum Gasteiger partial charge on any atom is -0.478 e. The third kappa shape index (κ3) is 2.15. The Balaban J connectivity index is 3.00. The minimum atomic E-state index is -1.30. The predicted molar refractivity (Wildman–Crippen MR) is 40.6 cm³/mol. The summed E-state index contributed by atoms with van der Waals surface area (Å²) >= 11 is 0. The molecule has 0 bridgehead atoms. The lowest BCUT2D eigenvalue weighted by molar-refractivity contribution is 0.334. The Bertz CT molecular complexity index is 355. The van der Waals surface area contributed by atoms with Gasteiger partial charge in [0, 0.05) is 12.1 Å². The van der Waals surface area contributed by atoms with E-state index in [1.165, 1.54) is 0 Å². The molecule has 0 unspecified atom stereocenters. The highest BCUT2D eigenvalue weighted by Gasteiger charge is 2.11. The smallest absolute Gasteiger partial charge is 0.200 e. The molecule has 1 rings (SSSR count). The van der Waals surface area contributed by atoms with Gasteiger partial charge in [0.2, 0.25) is 5.82 Å². The van der Waals surface area contributed by atoms with Crippen LogP contribution in [0.5, 0.6) is 5.75 Å². The fourth-order valence-corrected chi connectivity index (χ4v) is 0.757. The molecule has 0 fully saturated rings. The van der Waals surface area contributed by atoms with E-state index in [9.17, 15) is 13.2 Å². The van der Waals surface area contributed by atoms with Gasteiger partial charge in [-0.05, 0) is 0 Å². The lowest BCUT2D eigenvalue weighted by Crippen LogP contribution is -1.99. The second-order valence-electron chi connectivity index (χ2n) is 2.19. The first kappa shape index (κ1) is 9.46. The van der Waals surface area contributed by atoms with Gasteiger partial charge in [-0.2, -0.15) is 4.39 Å². The zero-order chi connectivity index (χ0) is 9.84. The molecule has 0 saturated carbocycles. The van der Waals surface area contributed by atoms with Crippen molar-refractivity contribution < 1.29 is 17.9 Å². The maximum Gasteiger partial charge on any atom is 0.200 e. The highest BCUT2D eigenvalue weighted by molar-refractivity contribution is 5.26. The lowest BCUT2D eigenvalue weighted by atomic mass is 10.3. The van der Waals surface area contributed by atoms with Crippen LogP contribution in [0.15, 0.2) is 12.1 Å². The van der Waals surface area contributed by atoms with Gasteiger partial charge in [0.15, 0.2) is 11.6 Å². The fourth-order valence-electron chi connectivity index (χ4n) is 0.757. The van der Waals surface area contributed by atoms with Crippen molar-refractivity contribution in [1.29, 1.82) is 0 Å². The van der Waals surface area contributed by atoms with Gasteiger partial charge in [-0.15, -0.1) is 6.42 Å². The van der Waals surface area contributed by atoms with Gasteiger partial charge in [0.1, 0.15) is 12.4 Å². The zero-order valence-corrected chi connectivity index (χ0v) is 6.48. The lowest BCUT2D eigenvalue weighted by Gasteiger charge is -2.03. The molecule has 0 aliphatic rings. The monoisotopic (exact) mass is 186 g/mol. The van der Waals surface area contributed by atoms with Gasteiger partial charge < -0.3 is 4.74 Å². The molecule has 0 heterocycles. The van der Waals surface area contributed by atoms with Crippen molar-refractivity contribution in [3.05, 3.63) is 29.6 Å². The van der Waals surface area contributed by atoms with Crippen molar-refractivity contribution in [3.8, 4) is 18.1 Å². The first-order valence-corrected chi connectivity index (χ1v) is 3.36. The van der Waals surface area contributed by atoms with Crippen molar-refractivity contribution in [2.75, 3.05) is 6.61 Å². The summed E-state index contributed by atoms with van der Waals surface area (Å²) in [5.41, 5.74) is 0. The molecule has 1 aromatic carbocycles. The minimum absolute atomic E-state index is 0.236. The second-order valence-corrected chi connectivity index (χ2v) is 2.19. The van der Waals surface area contributed by atoms with Gasteiger partial charge in [-0.3, -0.25) is 0 Å². The molecule has 0 aromatic heterocycles. The van der Waals surface area contributed by atoms with Crippen LogP contribution < -0.4 is 4.74 Å². The molecule has 0 aliphatic carbocycles. The van der Waals surface area contributed by atoms with Crippen molar-refractivity contribution in [2.24, 2.45) is 0 Å². The van der Waals surface area contributed by atoms with Crippen LogP contribution >= 0.6 is 0 Å². The molecule has 13 heavy (non-hydrogen) atoms. The number of rotatable bonds is 2. The van der Waals surface area contributed by atoms with Crippen molar-refractivity contribution in [1.82, 2.24) is 0 Å². The summed E-state index contributed by atoms with van der Waals surface area (Å²) in [4.78, 5) is 0. The third-order valence-electron chi connectivity index (χ3n) is 1.27. The standard InChI is InChI=1S/C9H5F3O/c1-2-3-13-8-5-6(10)4-7(11)9(8)12/h1,4-5H,3H2. The van der Waals surface area contributed by atoms with E-state index in [0.717, 1.165) is 6.07 Å². The Morgan fingerprint density at radius 3 is 2.62 bits per heavy atom. The number of terminal acetylenes is 1. The van der Waals surface area contributed by atoms with Gasteiger partial charge >= 0.3 is 0 Å². The van der Waals surface area contributed by atoms with E-state index in [0.29, 0.717) is 6.07 Å². The Morgan fingerprint density at radius 1 is 1.31 bits per heavy atom. The van der Waals surface area contributed by atoms with E-state index in [-0.39, 0.29) is 6.61 Å². The van der Waals surface area contributed by atoms with Crippen LogP contribution in [0.25, 0.3) is 0 Å². The average Bonchev–Trinajstić information content (AvgIpc) is 2.09. The van der Waals surface area contributed by atoms with Crippen molar-refractivity contribution in [3.63, 3.8) is 0 Å². The number of benzene rings is 1. The van der Waals surface area contributed by atoms with Crippen LogP contribution in [0.2, 0.25) is 0 Å². The maximum absolute atomic E-state index is 12.8. The molecule has 0 spiro atoms. The van der Waals surface area contributed by atoms with E-state index in [1.807, 2.05) is 5.92 Å². The summed E-state index contributed by atoms with van der Waals surface area (Å²) in [6.07, 6.45) is 4.82. The highest BCUT2D eigenvalue weighted by atomic mass is 19.2. The molecule has 68 valence electrons. The van der Waals surface area contributed by atoms with Crippen LogP contribution in [0, 0.1) is 29.8 Å². The molecule has 0 radical (unpaired) electrons. The topological polar surface area (TPSA) is 9.23 Å². The van der Waals surface area contributed by atoms with E-state index >= 15 is 0 Å². The molecular formula is C9H5F3O. The van der Waals surface area contributed by atoms with E-state index < -0.39 is 23.2 Å². The van der Waals surface area contributed by atoms with Crippen molar-refractivity contribution >= 4 is 0 Å².